The third-order valence-corrected chi connectivity index (χ3v) is 17.0. The van der Waals surface area contributed by atoms with Crippen molar-refractivity contribution in [2.45, 2.75) is 142 Å². The van der Waals surface area contributed by atoms with E-state index in [1.54, 1.807) is 0 Å². The second kappa shape index (κ2) is 33.5. The Kier molecular flexibility index (Phi) is 24.1. The minimum absolute atomic E-state index is 0.0682. The molecule has 0 spiro atoms. The molecule has 0 saturated carbocycles. The molecule has 3 heterocycles. The maximum absolute atomic E-state index is 11.8. The molecule has 89 heavy (non-hydrogen) atoms. The van der Waals surface area contributed by atoms with E-state index in [1.165, 1.54) is 11.8 Å². The predicted octanol–water partition coefficient (Wildman–Crippen LogP) is 10.8. The highest BCUT2D eigenvalue weighted by Gasteiger charge is 2.57. The van der Waals surface area contributed by atoms with E-state index in [4.69, 9.17) is 56.8 Å². The molecule has 3 N–H and O–H groups in total. The molecule has 8 aromatic rings. The minimum Gasteiger partial charge on any atom is -0.394 e. The average molecular weight is 1230 g/mol. The van der Waals surface area contributed by atoms with Crippen LogP contribution in [0.4, 0.5) is 0 Å². The highest BCUT2D eigenvalue weighted by molar-refractivity contribution is 7.99. The molecule has 0 aliphatic carbocycles. The van der Waals surface area contributed by atoms with Gasteiger partial charge < -0.3 is 72.2 Å². The summed E-state index contributed by atoms with van der Waals surface area (Å²) in [4.78, 5) is 0.924. The maximum Gasteiger partial charge on any atom is 0.187 e. The van der Waals surface area contributed by atoms with E-state index < -0.39 is 111 Å². The Morgan fingerprint density at radius 3 is 0.809 bits per heavy atom. The van der Waals surface area contributed by atoms with Crippen LogP contribution in [0, 0.1) is 0 Å². The Bertz CT molecular complexity index is 3220. The molecule has 3 aliphatic rings. The SMILES string of the molecule is OC[C@H]1O[C@@H](Sc2ccccc2)[C@H](OCc2ccccc2)[C@@H](OCc2ccccc2)[C@@H]1O[C@H]1O[C@H](CO)[C@@H](O[C@H]2O[C@H](CO)[C@@H](OCc3ccccc3)[C@H](OCc3ccccc3)[C@H]2OCc2ccccc2)[C@H](OCc2ccccc2)[C@H]1OCc1ccccc1. The molecule has 3 fully saturated rings. The molecular formula is C73H78O15S. The first-order chi connectivity index (χ1) is 44.0. The lowest BCUT2D eigenvalue weighted by Gasteiger charge is -2.51. The van der Waals surface area contributed by atoms with Crippen LogP contribution in [0.1, 0.15) is 38.9 Å². The van der Waals surface area contributed by atoms with Crippen molar-refractivity contribution >= 4 is 11.8 Å². The van der Waals surface area contributed by atoms with Crippen LogP contribution in [0.2, 0.25) is 0 Å². The highest BCUT2D eigenvalue weighted by atomic mass is 32.2. The van der Waals surface area contributed by atoms with Crippen LogP contribution in [-0.4, -0.2) is 126 Å². The van der Waals surface area contributed by atoms with E-state index >= 15 is 0 Å². The second-order valence-corrected chi connectivity index (χ2v) is 23.3. The van der Waals surface area contributed by atoms with Crippen LogP contribution in [0.5, 0.6) is 0 Å². The molecule has 15 nitrogen and oxygen atoms in total. The number of hydrogen-bond acceptors (Lipinski definition) is 16. The highest BCUT2D eigenvalue weighted by Crippen LogP contribution is 2.42. The lowest BCUT2D eigenvalue weighted by Crippen LogP contribution is -2.68. The molecule has 16 heteroatoms. The molecule has 0 unspecified atom stereocenters. The van der Waals surface area contributed by atoms with Crippen LogP contribution in [0.25, 0.3) is 0 Å². The smallest absolute Gasteiger partial charge is 0.187 e. The van der Waals surface area contributed by atoms with Gasteiger partial charge in [0.05, 0.1) is 66.1 Å². The molecule has 0 radical (unpaired) electrons. The van der Waals surface area contributed by atoms with Gasteiger partial charge in [0.15, 0.2) is 12.6 Å². The van der Waals surface area contributed by atoms with Crippen LogP contribution >= 0.6 is 11.8 Å². The number of benzene rings is 8. The van der Waals surface area contributed by atoms with Crippen LogP contribution < -0.4 is 0 Å². The first kappa shape index (κ1) is 64.1. The van der Waals surface area contributed by atoms with Crippen molar-refractivity contribution in [1.82, 2.24) is 0 Å². The number of thioether (sulfide) groups is 1. The lowest BCUT2D eigenvalue weighted by molar-refractivity contribution is -0.387. The van der Waals surface area contributed by atoms with Gasteiger partial charge in [0, 0.05) is 4.90 Å². The largest absolute Gasteiger partial charge is 0.394 e. The van der Waals surface area contributed by atoms with Crippen LogP contribution in [-0.2, 0) is 103 Å². The van der Waals surface area contributed by atoms with E-state index in [0.717, 1.165) is 43.8 Å². The molecule has 0 aromatic heterocycles. The predicted molar refractivity (Wildman–Crippen MR) is 334 cm³/mol. The van der Waals surface area contributed by atoms with Crippen molar-refractivity contribution in [3.8, 4) is 0 Å². The molecule has 0 amide bonds. The van der Waals surface area contributed by atoms with E-state index in [0.29, 0.717) is 0 Å². The quantitative estimate of drug-likeness (QED) is 0.0388. The summed E-state index contributed by atoms with van der Waals surface area (Å²) in [5.41, 5.74) is 5.53. The van der Waals surface area contributed by atoms with Crippen molar-refractivity contribution in [2.24, 2.45) is 0 Å². The summed E-state index contributed by atoms with van der Waals surface area (Å²) in [6.07, 6.45) is -14.9. The van der Waals surface area contributed by atoms with E-state index in [1.807, 2.05) is 243 Å². The first-order valence-corrected chi connectivity index (χ1v) is 31.3. The molecule has 466 valence electrons. The van der Waals surface area contributed by atoms with Gasteiger partial charge in [-0.25, -0.2) is 0 Å². The normalized spacial score (nSPS) is 27.0. The Morgan fingerprint density at radius 1 is 0.258 bits per heavy atom. The van der Waals surface area contributed by atoms with Gasteiger partial charge in [0.2, 0.25) is 0 Å². The molecule has 15 atom stereocenters. The summed E-state index contributed by atoms with van der Waals surface area (Å²) >= 11 is 1.47. The topological polar surface area (TPSA) is 171 Å². The fourth-order valence-electron chi connectivity index (χ4n) is 11.3. The van der Waals surface area contributed by atoms with Gasteiger partial charge >= 0.3 is 0 Å². The molecule has 11 rings (SSSR count). The van der Waals surface area contributed by atoms with Gasteiger partial charge in [-0.1, -0.05) is 242 Å². The van der Waals surface area contributed by atoms with Gasteiger partial charge in [-0.2, -0.15) is 0 Å². The fraction of sp³-hybridized carbons (Fsp3) is 0.342. The number of ether oxygens (including phenoxy) is 12. The molecule has 8 aromatic carbocycles. The monoisotopic (exact) mass is 1230 g/mol. The third kappa shape index (κ3) is 17.7. The van der Waals surface area contributed by atoms with Gasteiger partial charge in [-0.15, -0.1) is 0 Å². The number of rotatable bonds is 30. The van der Waals surface area contributed by atoms with Gasteiger partial charge in [0.1, 0.15) is 78.7 Å². The Balaban J connectivity index is 0.980. The summed E-state index contributed by atoms with van der Waals surface area (Å²) in [6, 6.07) is 78.3. The summed E-state index contributed by atoms with van der Waals surface area (Å²) in [7, 11) is 0. The summed E-state index contributed by atoms with van der Waals surface area (Å²) in [5, 5.41) is 34.8. The average Bonchev–Trinajstić information content (AvgIpc) is 1.85. The molecule has 0 bridgehead atoms. The van der Waals surface area contributed by atoms with Crippen molar-refractivity contribution < 1.29 is 72.2 Å². The van der Waals surface area contributed by atoms with Gasteiger partial charge in [-0.05, 0) is 51.1 Å². The van der Waals surface area contributed by atoms with Crippen molar-refractivity contribution in [2.75, 3.05) is 19.8 Å². The first-order valence-electron chi connectivity index (χ1n) is 30.4. The zero-order chi connectivity index (χ0) is 60.8. The molecule has 3 aliphatic heterocycles. The number of aliphatic hydroxyl groups excluding tert-OH is 3. The van der Waals surface area contributed by atoms with Crippen LogP contribution in [0.3, 0.4) is 0 Å². The lowest BCUT2D eigenvalue weighted by atomic mass is 9.95. The van der Waals surface area contributed by atoms with E-state index in [2.05, 4.69) is 0 Å². The van der Waals surface area contributed by atoms with Gasteiger partial charge in [0.25, 0.3) is 0 Å². The van der Waals surface area contributed by atoms with Crippen LogP contribution in [0.15, 0.2) is 248 Å². The Hall–Kier alpha value is -6.49. The zero-order valence-electron chi connectivity index (χ0n) is 49.5. The van der Waals surface area contributed by atoms with Crippen molar-refractivity contribution in [1.29, 1.82) is 0 Å². The molecular weight excluding hydrogens is 1150 g/mol. The Morgan fingerprint density at radius 2 is 0.494 bits per heavy atom. The maximum atomic E-state index is 11.8. The standard InChI is InChI=1S/C73H78O15S/c74-41-59-62(77-44-51-25-9-1-10-26-51)65(78-45-52-27-11-2-12-28-52)68(81-48-55-33-17-5-18-34-55)71(84-59)87-63-60(42-75)85-72(69(82-49-56-35-19-6-20-36-56)66(63)79-46-53-29-13-3-14-30-53)88-64-61(43-76)86-73(89-58-39-23-8-24-40-58)70(83-50-57-37-21-7-22-38-57)67(64)80-47-54-31-15-4-16-32-54/h1-40,59-76H,41-50H2/t59-,60-,61-,62-,63-,64-,65+,66+,67+,68-,69-,70-,71-,72-,73+/m1/s1. The van der Waals surface area contributed by atoms with Crippen molar-refractivity contribution in [3.63, 3.8) is 0 Å². The molecule has 3 saturated heterocycles. The van der Waals surface area contributed by atoms with E-state index in [-0.39, 0.29) is 46.2 Å². The zero-order valence-corrected chi connectivity index (χ0v) is 50.3. The second-order valence-electron chi connectivity index (χ2n) is 22.1. The van der Waals surface area contributed by atoms with E-state index in [9.17, 15) is 15.3 Å². The third-order valence-electron chi connectivity index (χ3n) is 15.9. The minimum atomic E-state index is -1.35. The fourth-order valence-corrected chi connectivity index (χ4v) is 12.5. The number of hydrogen-bond donors (Lipinski definition) is 3. The number of aliphatic hydroxyl groups is 3. The van der Waals surface area contributed by atoms with Gasteiger partial charge in [-0.3, -0.25) is 0 Å². The summed E-state index contributed by atoms with van der Waals surface area (Å²) in [6.45, 7) is -0.574. The summed E-state index contributed by atoms with van der Waals surface area (Å²) < 4.78 is 84.6. The Labute approximate surface area is 525 Å². The summed E-state index contributed by atoms with van der Waals surface area (Å²) in [5.74, 6) is 0. The van der Waals surface area contributed by atoms with Crippen molar-refractivity contribution in [3.05, 3.63) is 282 Å².